The largest absolute Gasteiger partial charge is 0.465 e. The van der Waals surface area contributed by atoms with Gasteiger partial charge in [0.1, 0.15) is 6.04 Å². The molecule has 0 radical (unpaired) electrons. The number of hydrogen-bond acceptors (Lipinski definition) is 4. The van der Waals surface area contributed by atoms with Crippen molar-refractivity contribution in [1.82, 2.24) is 4.90 Å². The van der Waals surface area contributed by atoms with E-state index in [2.05, 4.69) is 4.90 Å². The molecule has 20 heavy (non-hydrogen) atoms. The molecule has 2 unspecified atom stereocenters. The number of ether oxygens (including phenoxy) is 2. The van der Waals surface area contributed by atoms with Gasteiger partial charge in [-0.1, -0.05) is 6.42 Å². The SMILES string of the molecule is CCOC(=O)C1CCCCN1C1CCOC2(CCC2)C1. The van der Waals surface area contributed by atoms with E-state index in [9.17, 15) is 4.79 Å². The van der Waals surface area contributed by atoms with Crippen molar-refractivity contribution in [2.24, 2.45) is 0 Å². The molecule has 1 saturated carbocycles. The van der Waals surface area contributed by atoms with E-state index in [1.165, 1.54) is 25.7 Å². The van der Waals surface area contributed by atoms with Crippen LogP contribution in [0.5, 0.6) is 0 Å². The predicted octanol–water partition coefficient (Wildman–Crippen LogP) is 2.51. The topological polar surface area (TPSA) is 38.8 Å². The van der Waals surface area contributed by atoms with Crippen LogP contribution in [-0.2, 0) is 14.3 Å². The van der Waals surface area contributed by atoms with Crippen molar-refractivity contribution in [2.45, 2.75) is 76.0 Å². The van der Waals surface area contributed by atoms with Gasteiger partial charge in [-0.3, -0.25) is 9.69 Å². The van der Waals surface area contributed by atoms with Crippen LogP contribution in [0.25, 0.3) is 0 Å². The number of nitrogens with zero attached hydrogens (tertiary/aromatic N) is 1. The van der Waals surface area contributed by atoms with Crippen molar-refractivity contribution in [2.75, 3.05) is 19.8 Å². The predicted molar refractivity (Wildman–Crippen MR) is 76.5 cm³/mol. The lowest BCUT2D eigenvalue weighted by Crippen LogP contribution is -2.57. The van der Waals surface area contributed by atoms with Crippen LogP contribution in [0.2, 0.25) is 0 Å². The average Bonchev–Trinajstić information content (AvgIpc) is 2.46. The highest BCUT2D eigenvalue weighted by molar-refractivity contribution is 5.76. The fourth-order valence-electron chi connectivity index (χ4n) is 4.09. The molecule has 2 heterocycles. The molecule has 0 amide bonds. The lowest BCUT2D eigenvalue weighted by atomic mass is 9.73. The summed E-state index contributed by atoms with van der Waals surface area (Å²) in [5.74, 6) is -0.0126. The summed E-state index contributed by atoms with van der Waals surface area (Å²) >= 11 is 0. The van der Waals surface area contributed by atoms with E-state index in [1.807, 2.05) is 6.92 Å². The van der Waals surface area contributed by atoms with Gasteiger partial charge in [0, 0.05) is 12.6 Å². The van der Waals surface area contributed by atoms with Crippen LogP contribution in [0, 0.1) is 0 Å². The fourth-order valence-corrected chi connectivity index (χ4v) is 4.09. The molecule has 2 saturated heterocycles. The number of rotatable bonds is 3. The van der Waals surface area contributed by atoms with Crippen LogP contribution < -0.4 is 0 Å². The molecule has 4 nitrogen and oxygen atoms in total. The maximum Gasteiger partial charge on any atom is 0.323 e. The van der Waals surface area contributed by atoms with Crippen LogP contribution in [0.15, 0.2) is 0 Å². The van der Waals surface area contributed by atoms with Crippen molar-refractivity contribution in [3.05, 3.63) is 0 Å². The number of esters is 1. The standard InChI is InChI=1S/C16H27NO3/c1-2-19-15(18)14-6-3-4-10-17(14)13-7-11-20-16(12-13)8-5-9-16/h13-14H,2-12H2,1H3. The number of carbonyl (C=O) groups excluding carboxylic acids is 1. The van der Waals surface area contributed by atoms with Crippen LogP contribution in [-0.4, -0.2) is 48.3 Å². The molecular weight excluding hydrogens is 254 g/mol. The van der Waals surface area contributed by atoms with Crippen LogP contribution in [0.3, 0.4) is 0 Å². The molecule has 1 spiro atoms. The lowest BCUT2D eigenvalue weighted by Gasteiger charge is -2.51. The summed E-state index contributed by atoms with van der Waals surface area (Å²) in [5, 5.41) is 0. The van der Waals surface area contributed by atoms with E-state index >= 15 is 0 Å². The molecule has 114 valence electrons. The first-order chi connectivity index (χ1) is 9.74. The van der Waals surface area contributed by atoms with E-state index in [1.54, 1.807) is 0 Å². The summed E-state index contributed by atoms with van der Waals surface area (Å²) < 4.78 is 11.3. The van der Waals surface area contributed by atoms with Gasteiger partial charge in [0.2, 0.25) is 0 Å². The second-order valence-electron chi connectivity index (χ2n) is 6.53. The summed E-state index contributed by atoms with van der Waals surface area (Å²) in [6.07, 6.45) is 9.22. The summed E-state index contributed by atoms with van der Waals surface area (Å²) in [7, 11) is 0. The summed E-state index contributed by atoms with van der Waals surface area (Å²) in [5.41, 5.74) is 0.152. The Morgan fingerprint density at radius 3 is 2.85 bits per heavy atom. The van der Waals surface area contributed by atoms with Gasteiger partial charge < -0.3 is 9.47 Å². The van der Waals surface area contributed by atoms with E-state index in [0.717, 1.165) is 38.8 Å². The number of carbonyl (C=O) groups is 1. The molecular formula is C16H27NO3. The Bertz CT molecular complexity index is 354. The molecule has 0 aromatic rings. The fraction of sp³-hybridized carbons (Fsp3) is 0.938. The van der Waals surface area contributed by atoms with E-state index in [-0.39, 0.29) is 17.6 Å². The summed E-state index contributed by atoms with van der Waals surface area (Å²) in [4.78, 5) is 14.6. The smallest absolute Gasteiger partial charge is 0.323 e. The molecule has 3 aliphatic rings. The Kier molecular flexibility index (Phi) is 4.32. The highest BCUT2D eigenvalue weighted by Gasteiger charge is 2.46. The van der Waals surface area contributed by atoms with Gasteiger partial charge >= 0.3 is 5.97 Å². The quantitative estimate of drug-likeness (QED) is 0.745. The van der Waals surface area contributed by atoms with Crippen molar-refractivity contribution < 1.29 is 14.3 Å². The minimum atomic E-state index is -0.0126. The van der Waals surface area contributed by atoms with Gasteiger partial charge in [-0.05, 0) is 58.4 Å². The Labute approximate surface area is 121 Å². The number of likely N-dealkylation sites (tertiary alicyclic amines) is 1. The maximum atomic E-state index is 12.2. The zero-order valence-electron chi connectivity index (χ0n) is 12.6. The normalized spacial score (nSPS) is 33.6. The molecule has 4 heteroatoms. The lowest BCUT2D eigenvalue weighted by molar-refractivity contribution is -0.167. The van der Waals surface area contributed by atoms with Crippen molar-refractivity contribution in [3.8, 4) is 0 Å². The Balaban J connectivity index is 1.67. The molecule has 0 aromatic carbocycles. The zero-order valence-corrected chi connectivity index (χ0v) is 12.6. The van der Waals surface area contributed by atoms with E-state index in [0.29, 0.717) is 12.6 Å². The summed E-state index contributed by atoms with van der Waals surface area (Å²) in [6.45, 7) is 4.28. The number of hydrogen-bond donors (Lipinski definition) is 0. The molecule has 2 aliphatic heterocycles. The monoisotopic (exact) mass is 281 g/mol. The minimum Gasteiger partial charge on any atom is -0.465 e. The van der Waals surface area contributed by atoms with Crippen LogP contribution >= 0.6 is 0 Å². The maximum absolute atomic E-state index is 12.2. The highest BCUT2D eigenvalue weighted by Crippen LogP contribution is 2.44. The highest BCUT2D eigenvalue weighted by atomic mass is 16.5. The average molecular weight is 281 g/mol. The first kappa shape index (κ1) is 14.3. The first-order valence-corrected chi connectivity index (χ1v) is 8.30. The zero-order chi connectivity index (χ0) is 14.0. The van der Waals surface area contributed by atoms with E-state index in [4.69, 9.17) is 9.47 Å². The van der Waals surface area contributed by atoms with Gasteiger partial charge in [-0.15, -0.1) is 0 Å². The minimum absolute atomic E-state index is 0.0103. The van der Waals surface area contributed by atoms with Crippen molar-refractivity contribution in [3.63, 3.8) is 0 Å². The Morgan fingerprint density at radius 2 is 2.15 bits per heavy atom. The van der Waals surface area contributed by atoms with Gasteiger partial charge in [-0.2, -0.15) is 0 Å². The van der Waals surface area contributed by atoms with Crippen molar-refractivity contribution in [1.29, 1.82) is 0 Å². The van der Waals surface area contributed by atoms with Gasteiger partial charge in [-0.25, -0.2) is 0 Å². The van der Waals surface area contributed by atoms with Crippen LogP contribution in [0.1, 0.15) is 58.3 Å². The molecule has 0 aromatic heterocycles. The third kappa shape index (κ3) is 2.73. The molecule has 2 atom stereocenters. The van der Waals surface area contributed by atoms with E-state index < -0.39 is 0 Å². The van der Waals surface area contributed by atoms with Crippen LogP contribution in [0.4, 0.5) is 0 Å². The third-order valence-electron chi connectivity index (χ3n) is 5.30. The van der Waals surface area contributed by atoms with Gasteiger partial charge in [0.15, 0.2) is 0 Å². The second-order valence-corrected chi connectivity index (χ2v) is 6.53. The molecule has 1 aliphatic carbocycles. The molecule has 3 rings (SSSR count). The van der Waals surface area contributed by atoms with Gasteiger partial charge in [0.25, 0.3) is 0 Å². The second kappa shape index (κ2) is 6.02. The number of piperidine rings is 1. The molecule has 3 fully saturated rings. The Morgan fingerprint density at radius 1 is 1.30 bits per heavy atom. The van der Waals surface area contributed by atoms with Crippen molar-refractivity contribution >= 4 is 5.97 Å². The molecule has 0 bridgehead atoms. The van der Waals surface area contributed by atoms with Gasteiger partial charge in [0.05, 0.1) is 12.2 Å². The first-order valence-electron chi connectivity index (χ1n) is 8.30. The third-order valence-corrected chi connectivity index (χ3v) is 5.30. The summed E-state index contributed by atoms with van der Waals surface area (Å²) in [6, 6.07) is 0.502. The molecule has 0 N–H and O–H groups in total. The Hall–Kier alpha value is -0.610.